The molecule has 0 unspecified atom stereocenters. The smallest absolute Gasteiger partial charge is 0.192 e. The Kier molecular flexibility index (Phi) is 9.18. The molecular formula is C17H25N3O2. The van der Waals surface area contributed by atoms with Crippen LogP contribution < -0.4 is 5.73 Å². The maximum Gasteiger partial charge on any atom is 0.192 e. The molecule has 1 aromatic heterocycles. The fourth-order valence-corrected chi connectivity index (χ4v) is 1.54. The number of carbonyl (C=O) groups is 2. The van der Waals surface area contributed by atoms with Gasteiger partial charge in [-0.2, -0.15) is 5.10 Å². The van der Waals surface area contributed by atoms with Crippen molar-refractivity contribution in [1.82, 2.24) is 9.78 Å². The van der Waals surface area contributed by atoms with Crippen molar-refractivity contribution < 1.29 is 9.59 Å². The molecular weight excluding hydrogens is 278 g/mol. The third-order valence-electron chi connectivity index (χ3n) is 2.75. The summed E-state index contributed by atoms with van der Waals surface area (Å²) >= 11 is 0. The maximum atomic E-state index is 9.44. The quantitative estimate of drug-likeness (QED) is 0.698. The normalized spacial score (nSPS) is 10.1. The Morgan fingerprint density at radius 2 is 1.91 bits per heavy atom. The number of aldehydes is 1. The molecule has 1 heterocycles. The summed E-state index contributed by atoms with van der Waals surface area (Å²) in [4.78, 5) is 18.6. The van der Waals surface area contributed by atoms with E-state index in [1.54, 1.807) is 6.20 Å². The van der Waals surface area contributed by atoms with Crippen molar-refractivity contribution in [3.05, 3.63) is 36.2 Å². The largest absolute Gasteiger partial charge is 0.403 e. The van der Waals surface area contributed by atoms with Crippen molar-refractivity contribution >= 4 is 28.7 Å². The van der Waals surface area contributed by atoms with Crippen molar-refractivity contribution in [2.24, 2.45) is 5.73 Å². The number of aromatic nitrogens is 2. The Morgan fingerprint density at radius 1 is 1.32 bits per heavy atom. The molecule has 1 aromatic carbocycles. The lowest BCUT2D eigenvalue weighted by Gasteiger charge is -1.96. The number of ketones is 1. The number of carbonyl (C=O) groups excluding carboxylic acids is 2. The molecule has 0 spiro atoms. The highest BCUT2D eigenvalue weighted by Gasteiger charge is 2.01. The zero-order valence-corrected chi connectivity index (χ0v) is 14.0. The van der Waals surface area contributed by atoms with Crippen LogP contribution in [0.25, 0.3) is 16.6 Å². The van der Waals surface area contributed by atoms with Gasteiger partial charge in [-0.15, -0.1) is 0 Å². The van der Waals surface area contributed by atoms with Gasteiger partial charge in [0.2, 0.25) is 0 Å². The van der Waals surface area contributed by atoms with Gasteiger partial charge in [0.25, 0.3) is 0 Å². The molecule has 120 valence electrons. The first-order valence-electron chi connectivity index (χ1n) is 7.34. The van der Waals surface area contributed by atoms with Crippen LogP contribution >= 0.6 is 0 Å². The molecule has 5 nitrogen and oxygen atoms in total. The first-order chi connectivity index (χ1) is 10.5. The average molecular weight is 303 g/mol. The minimum Gasteiger partial charge on any atom is -0.403 e. The third-order valence-corrected chi connectivity index (χ3v) is 2.75. The lowest BCUT2D eigenvalue weighted by atomic mass is 10.1. The molecule has 2 aromatic rings. The van der Waals surface area contributed by atoms with Crippen molar-refractivity contribution in [3.63, 3.8) is 0 Å². The standard InChI is InChI=1S/C12H15N3.C3H4O2.C2H6/c1-3-10-4-5-11-8-15(9(2)7-13)14-12(11)6-10;1-3(5)2-4;1-2/h4-8H,3,13H2,1-2H3;2H,1H3;1-2H3/b9-7-;;. The first kappa shape index (κ1) is 19.6. The molecule has 0 aliphatic heterocycles. The summed E-state index contributed by atoms with van der Waals surface area (Å²) in [7, 11) is 0. The lowest BCUT2D eigenvalue weighted by molar-refractivity contribution is -0.128. The number of hydrogen-bond acceptors (Lipinski definition) is 4. The van der Waals surface area contributed by atoms with Gasteiger partial charge in [0.05, 0.1) is 11.2 Å². The summed E-state index contributed by atoms with van der Waals surface area (Å²) in [5, 5.41) is 5.61. The first-order valence-corrected chi connectivity index (χ1v) is 7.34. The molecule has 0 aliphatic rings. The van der Waals surface area contributed by atoms with Gasteiger partial charge in [-0.3, -0.25) is 9.59 Å². The monoisotopic (exact) mass is 303 g/mol. The topological polar surface area (TPSA) is 78.0 Å². The molecule has 0 fully saturated rings. The summed E-state index contributed by atoms with van der Waals surface area (Å²) in [6, 6.07) is 6.35. The maximum absolute atomic E-state index is 9.44. The second-order valence-electron chi connectivity index (χ2n) is 4.36. The van der Waals surface area contributed by atoms with Crippen molar-refractivity contribution in [1.29, 1.82) is 0 Å². The summed E-state index contributed by atoms with van der Waals surface area (Å²) in [6.45, 7) is 9.29. The summed E-state index contributed by atoms with van der Waals surface area (Å²) < 4.78 is 1.81. The number of rotatable bonds is 3. The second-order valence-corrected chi connectivity index (χ2v) is 4.36. The zero-order chi connectivity index (χ0) is 17.1. The van der Waals surface area contributed by atoms with Crippen LogP contribution in [-0.2, 0) is 16.0 Å². The van der Waals surface area contributed by atoms with Gasteiger partial charge in [-0.05, 0) is 25.0 Å². The number of nitrogens with two attached hydrogens (primary N) is 1. The number of benzene rings is 1. The van der Waals surface area contributed by atoms with E-state index in [0.29, 0.717) is 0 Å². The molecule has 0 aliphatic carbocycles. The number of aryl methyl sites for hydroxylation is 1. The molecule has 0 bridgehead atoms. The van der Waals surface area contributed by atoms with Crippen LogP contribution in [0.3, 0.4) is 0 Å². The predicted octanol–water partition coefficient (Wildman–Crippen LogP) is 3.18. The van der Waals surface area contributed by atoms with E-state index < -0.39 is 5.78 Å². The lowest BCUT2D eigenvalue weighted by Crippen LogP contribution is -1.96. The molecule has 0 saturated carbocycles. The highest BCUT2D eigenvalue weighted by molar-refractivity contribution is 6.23. The molecule has 2 rings (SSSR count). The van der Waals surface area contributed by atoms with E-state index in [2.05, 4.69) is 30.2 Å². The van der Waals surface area contributed by atoms with Gasteiger partial charge < -0.3 is 5.73 Å². The molecule has 0 radical (unpaired) electrons. The van der Waals surface area contributed by atoms with Gasteiger partial charge in [0.1, 0.15) is 0 Å². The van der Waals surface area contributed by atoms with Crippen LogP contribution in [0.4, 0.5) is 0 Å². The zero-order valence-electron chi connectivity index (χ0n) is 14.0. The summed E-state index contributed by atoms with van der Waals surface area (Å²) in [6.07, 6.45) is 4.87. The number of allylic oxidation sites excluding steroid dienone is 1. The van der Waals surface area contributed by atoms with Gasteiger partial charge in [0.15, 0.2) is 12.1 Å². The Bertz CT molecular complexity index is 642. The molecule has 0 atom stereocenters. The van der Waals surface area contributed by atoms with Crippen LogP contribution in [0.2, 0.25) is 0 Å². The van der Waals surface area contributed by atoms with E-state index >= 15 is 0 Å². The highest BCUT2D eigenvalue weighted by atomic mass is 16.2. The second kappa shape index (κ2) is 10.3. The van der Waals surface area contributed by atoms with E-state index in [1.165, 1.54) is 12.5 Å². The van der Waals surface area contributed by atoms with Crippen LogP contribution in [0.15, 0.2) is 30.6 Å². The van der Waals surface area contributed by atoms with Crippen molar-refractivity contribution in [2.45, 2.75) is 41.0 Å². The van der Waals surface area contributed by atoms with E-state index in [0.717, 1.165) is 23.0 Å². The van der Waals surface area contributed by atoms with E-state index in [1.807, 2.05) is 31.6 Å². The molecule has 5 heteroatoms. The average Bonchev–Trinajstić information content (AvgIpc) is 2.99. The van der Waals surface area contributed by atoms with Gasteiger partial charge in [-0.25, -0.2) is 4.68 Å². The number of nitrogens with zero attached hydrogens (tertiary/aromatic N) is 2. The van der Waals surface area contributed by atoms with Gasteiger partial charge >= 0.3 is 0 Å². The van der Waals surface area contributed by atoms with Crippen LogP contribution in [-0.4, -0.2) is 21.8 Å². The summed E-state index contributed by atoms with van der Waals surface area (Å²) in [5.41, 5.74) is 8.72. The van der Waals surface area contributed by atoms with Gasteiger partial charge in [-0.1, -0.05) is 32.9 Å². The van der Waals surface area contributed by atoms with Crippen molar-refractivity contribution in [3.8, 4) is 0 Å². The van der Waals surface area contributed by atoms with E-state index in [-0.39, 0.29) is 6.29 Å². The molecule has 0 saturated heterocycles. The SMILES string of the molecule is CC.CC(=O)C=O.CCc1ccc2cn(/C(C)=C\N)nc2c1. The highest BCUT2D eigenvalue weighted by Crippen LogP contribution is 2.16. The third kappa shape index (κ3) is 5.91. The Morgan fingerprint density at radius 3 is 2.36 bits per heavy atom. The Labute approximate surface area is 131 Å². The minimum atomic E-state index is -0.426. The van der Waals surface area contributed by atoms with Gasteiger partial charge in [0, 0.05) is 24.7 Å². The van der Waals surface area contributed by atoms with E-state index in [9.17, 15) is 4.79 Å². The molecule has 2 N–H and O–H groups in total. The Balaban J connectivity index is 0.000000540. The Hall–Kier alpha value is -2.43. The summed E-state index contributed by atoms with van der Waals surface area (Å²) in [5.74, 6) is -0.426. The predicted molar refractivity (Wildman–Crippen MR) is 91.3 cm³/mol. The fraction of sp³-hybridized carbons (Fsp3) is 0.353. The number of hydrogen-bond donors (Lipinski definition) is 1. The van der Waals surface area contributed by atoms with Crippen LogP contribution in [0, 0.1) is 0 Å². The molecule has 22 heavy (non-hydrogen) atoms. The minimum absolute atomic E-state index is 0.278. The fourth-order valence-electron chi connectivity index (χ4n) is 1.54. The number of fused-ring (bicyclic) bond motifs is 1. The van der Waals surface area contributed by atoms with Crippen molar-refractivity contribution in [2.75, 3.05) is 0 Å². The van der Waals surface area contributed by atoms with E-state index in [4.69, 9.17) is 10.5 Å². The molecule has 0 amide bonds. The van der Waals surface area contributed by atoms with Crippen LogP contribution in [0.1, 0.15) is 40.2 Å². The van der Waals surface area contributed by atoms with Crippen LogP contribution in [0.5, 0.6) is 0 Å². The number of Topliss-reactive ketones (excluding diaryl/α,β-unsaturated/α-hetero) is 1.